The van der Waals surface area contributed by atoms with E-state index in [2.05, 4.69) is 15.6 Å². The van der Waals surface area contributed by atoms with Gasteiger partial charge < -0.3 is 10.6 Å². The number of nitrogens with one attached hydrogen (secondary N) is 2. The predicted molar refractivity (Wildman–Crippen MR) is 83.1 cm³/mol. The van der Waals surface area contributed by atoms with E-state index in [-0.39, 0.29) is 11.8 Å². The lowest BCUT2D eigenvalue weighted by Crippen LogP contribution is -2.47. The molecule has 1 unspecified atom stereocenters. The molecule has 2 amide bonds. The zero-order valence-corrected chi connectivity index (χ0v) is 12.4. The van der Waals surface area contributed by atoms with Crippen molar-refractivity contribution in [2.75, 3.05) is 16.8 Å². The maximum atomic E-state index is 12.0. The van der Waals surface area contributed by atoms with Crippen LogP contribution in [0.15, 0.2) is 30.0 Å². The second kappa shape index (κ2) is 6.30. The molecule has 21 heavy (non-hydrogen) atoms. The third kappa shape index (κ3) is 3.44. The SMILES string of the molecule is O=C(C=C1CCSCC1)NC1Cc2cccnc2NC1=O. The standard InChI is InChI=1S/C15H17N3O2S/c19-13(8-10-3-6-21-7-4-10)17-12-9-11-2-1-5-16-14(11)18-15(12)20/h1-2,5,8,12H,3-4,6-7,9H2,(H,17,19)(H,16,18,20). The third-order valence-electron chi connectivity index (χ3n) is 3.66. The Labute approximate surface area is 127 Å². The van der Waals surface area contributed by atoms with Crippen LogP contribution in [0, 0.1) is 0 Å². The minimum atomic E-state index is -0.524. The Morgan fingerprint density at radius 3 is 3.05 bits per heavy atom. The fourth-order valence-corrected chi connectivity index (χ4v) is 3.54. The maximum Gasteiger partial charge on any atom is 0.248 e. The van der Waals surface area contributed by atoms with Crippen LogP contribution >= 0.6 is 11.8 Å². The van der Waals surface area contributed by atoms with Gasteiger partial charge in [-0.25, -0.2) is 4.98 Å². The molecule has 1 saturated heterocycles. The number of fused-ring (bicyclic) bond motifs is 1. The van der Waals surface area contributed by atoms with Gasteiger partial charge in [-0.2, -0.15) is 11.8 Å². The van der Waals surface area contributed by atoms with Gasteiger partial charge in [0.15, 0.2) is 0 Å². The van der Waals surface area contributed by atoms with Crippen molar-refractivity contribution in [3.8, 4) is 0 Å². The minimum absolute atomic E-state index is 0.176. The number of carbonyl (C=O) groups excluding carboxylic acids is 2. The van der Waals surface area contributed by atoms with Crippen LogP contribution in [0.3, 0.4) is 0 Å². The second-order valence-corrected chi connectivity index (χ2v) is 6.41. The molecule has 1 aromatic rings. The van der Waals surface area contributed by atoms with Gasteiger partial charge in [-0.15, -0.1) is 0 Å². The topological polar surface area (TPSA) is 71.1 Å². The third-order valence-corrected chi connectivity index (χ3v) is 4.65. The summed E-state index contributed by atoms with van der Waals surface area (Å²) in [5.74, 6) is 2.36. The summed E-state index contributed by atoms with van der Waals surface area (Å²) in [4.78, 5) is 28.2. The number of anilines is 1. The largest absolute Gasteiger partial charge is 0.340 e. The fourth-order valence-electron chi connectivity index (χ4n) is 2.53. The Kier molecular flexibility index (Phi) is 4.24. The number of thioether (sulfide) groups is 1. The summed E-state index contributed by atoms with van der Waals surface area (Å²) in [5, 5.41) is 5.53. The quantitative estimate of drug-likeness (QED) is 0.813. The Morgan fingerprint density at radius 2 is 2.24 bits per heavy atom. The van der Waals surface area contributed by atoms with Crippen LogP contribution in [0.25, 0.3) is 0 Å². The number of pyridine rings is 1. The van der Waals surface area contributed by atoms with Crippen molar-refractivity contribution < 1.29 is 9.59 Å². The van der Waals surface area contributed by atoms with Crippen LogP contribution in [-0.2, 0) is 16.0 Å². The summed E-state index contributed by atoms with van der Waals surface area (Å²) in [5.41, 5.74) is 2.12. The number of rotatable bonds is 2. The van der Waals surface area contributed by atoms with Gasteiger partial charge in [0.2, 0.25) is 11.8 Å². The zero-order chi connectivity index (χ0) is 14.7. The molecule has 0 saturated carbocycles. The average molecular weight is 303 g/mol. The highest BCUT2D eigenvalue weighted by Gasteiger charge is 2.27. The van der Waals surface area contributed by atoms with E-state index >= 15 is 0 Å². The van der Waals surface area contributed by atoms with Crippen LogP contribution in [-0.4, -0.2) is 34.3 Å². The normalized spacial score (nSPS) is 21.2. The van der Waals surface area contributed by atoms with Crippen molar-refractivity contribution in [2.45, 2.75) is 25.3 Å². The van der Waals surface area contributed by atoms with Gasteiger partial charge in [-0.05, 0) is 36.0 Å². The van der Waals surface area contributed by atoms with E-state index in [4.69, 9.17) is 0 Å². The molecule has 0 aliphatic carbocycles. The number of allylic oxidation sites excluding steroid dienone is 1. The Morgan fingerprint density at radius 1 is 1.43 bits per heavy atom. The highest BCUT2D eigenvalue weighted by Crippen LogP contribution is 2.22. The average Bonchev–Trinajstić information content (AvgIpc) is 2.49. The van der Waals surface area contributed by atoms with Crippen LogP contribution < -0.4 is 10.6 Å². The first-order chi connectivity index (χ1) is 10.2. The van der Waals surface area contributed by atoms with E-state index in [0.717, 1.165) is 29.9 Å². The van der Waals surface area contributed by atoms with Crippen LogP contribution in [0.5, 0.6) is 0 Å². The summed E-state index contributed by atoms with van der Waals surface area (Å²) in [6.45, 7) is 0. The maximum absolute atomic E-state index is 12.0. The van der Waals surface area contributed by atoms with Gasteiger partial charge in [0.05, 0.1) is 0 Å². The van der Waals surface area contributed by atoms with Gasteiger partial charge >= 0.3 is 0 Å². The van der Waals surface area contributed by atoms with Crippen LogP contribution in [0.2, 0.25) is 0 Å². The van der Waals surface area contributed by atoms with Gasteiger partial charge in [0, 0.05) is 18.7 Å². The molecule has 1 fully saturated rings. The fraction of sp³-hybridized carbons (Fsp3) is 0.400. The highest BCUT2D eigenvalue weighted by atomic mass is 32.2. The number of carbonyl (C=O) groups is 2. The summed E-state index contributed by atoms with van der Waals surface area (Å²) in [6.07, 6.45) is 5.71. The number of hydrogen-bond acceptors (Lipinski definition) is 4. The molecule has 0 bridgehead atoms. The van der Waals surface area contributed by atoms with Crippen molar-refractivity contribution in [1.29, 1.82) is 0 Å². The molecule has 0 radical (unpaired) electrons. The minimum Gasteiger partial charge on any atom is -0.340 e. The first kappa shape index (κ1) is 14.1. The van der Waals surface area contributed by atoms with Crippen LogP contribution in [0.4, 0.5) is 5.82 Å². The molecule has 3 rings (SSSR count). The van der Waals surface area contributed by atoms with E-state index in [9.17, 15) is 9.59 Å². The summed E-state index contributed by atoms with van der Waals surface area (Å²) < 4.78 is 0. The molecule has 6 heteroatoms. The van der Waals surface area contributed by atoms with Gasteiger partial charge in [0.1, 0.15) is 11.9 Å². The molecule has 0 aromatic carbocycles. The molecule has 0 spiro atoms. The van der Waals surface area contributed by atoms with E-state index in [0.29, 0.717) is 12.2 Å². The monoisotopic (exact) mass is 303 g/mol. The van der Waals surface area contributed by atoms with Crippen molar-refractivity contribution >= 4 is 29.4 Å². The molecule has 110 valence electrons. The smallest absolute Gasteiger partial charge is 0.248 e. The summed E-state index contributed by atoms with van der Waals surface area (Å²) in [7, 11) is 0. The van der Waals surface area contributed by atoms with Crippen LogP contribution in [0.1, 0.15) is 18.4 Å². The van der Waals surface area contributed by atoms with Crippen molar-refractivity contribution in [3.05, 3.63) is 35.5 Å². The molecule has 1 atom stereocenters. The predicted octanol–water partition coefficient (Wildman–Crippen LogP) is 1.51. The van der Waals surface area contributed by atoms with E-state index < -0.39 is 6.04 Å². The van der Waals surface area contributed by atoms with Crippen molar-refractivity contribution in [1.82, 2.24) is 10.3 Å². The zero-order valence-electron chi connectivity index (χ0n) is 11.6. The van der Waals surface area contributed by atoms with E-state index in [1.165, 1.54) is 5.57 Å². The molecule has 3 heterocycles. The lowest BCUT2D eigenvalue weighted by Gasteiger charge is -2.24. The Balaban J connectivity index is 1.65. The Hall–Kier alpha value is -1.82. The first-order valence-electron chi connectivity index (χ1n) is 7.05. The van der Waals surface area contributed by atoms with E-state index in [1.807, 2.05) is 23.9 Å². The molecule has 2 N–H and O–H groups in total. The van der Waals surface area contributed by atoms with Gasteiger partial charge in [0.25, 0.3) is 0 Å². The summed E-state index contributed by atoms with van der Waals surface area (Å²) >= 11 is 1.91. The molecule has 1 aromatic heterocycles. The van der Waals surface area contributed by atoms with E-state index in [1.54, 1.807) is 12.3 Å². The number of amides is 2. The number of hydrogen-bond donors (Lipinski definition) is 2. The molecule has 2 aliphatic heterocycles. The number of nitrogens with zero attached hydrogens (tertiary/aromatic N) is 1. The van der Waals surface area contributed by atoms with Crippen molar-refractivity contribution in [2.24, 2.45) is 0 Å². The van der Waals surface area contributed by atoms with Gasteiger partial charge in [-0.3, -0.25) is 9.59 Å². The number of aromatic nitrogens is 1. The van der Waals surface area contributed by atoms with Gasteiger partial charge in [-0.1, -0.05) is 11.6 Å². The molecular formula is C15H17N3O2S. The first-order valence-corrected chi connectivity index (χ1v) is 8.20. The molecular weight excluding hydrogens is 286 g/mol. The molecule has 2 aliphatic rings. The Bertz CT molecular complexity index is 592. The lowest BCUT2D eigenvalue weighted by molar-refractivity contribution is -0.124. The van der Waals surface area contributed by atoms with Crippen molar-refractivity contribution in [3.63, 3.8) is 0 Å². The second-order valence-electron chi connectivity index (χ2n) is 5.18. The lowest BCUT2D eigenvalue weighted by atomic mass is 10.0. The highest BCUT2D eigenvalue weighted by molar-refractivity contribution is 7.99. The molecule has 5 nitrogen and oxygen atoms in total. The summed E-state index contributed by atoms with van der Waals surface area (Å²) in [6, 6.07) is 3.22.